The van der Waals surface area contributed by atoms with Crippen LogP contribution in [0.5, 0.6) is 0 Å². The van der Waals surface area contributed by atoms with Gasteiger partial charge in [-0.2, -0.15) is 4.31 Å². The molecule has 2 atom stereocenters. The van der Waals surface area contributed by atoms with E-state index >= 15 is 0 Å². The van der Waals surface area contributed by atoms with Crippen molar-refractivity contribution in [3.8, 4) is 0 Å². The van der Waals surface area contributed by atoms with E-state index in [1.54, 1.807) is 0 Å². The Balaban J connectivity index is 1.47. The van der Waals surface area contributed by atoms with Crippen LogP contribution in [0.1, 0.15) is 44.7 Å². The van der Waals surface area contributed by atoms with E-state index in [1.165, 1.54) is 35.5 Å². The molecule has 2 amide bonds. The van der Waals surface area contributed by atoms with Gasteiger partial charge >= 0.3 is 0 Å². The summed E-state index contributed by atoms with van der Waals surface area (Å²) in [5.41, 5.74) is 3.61. The zero-order valence-corrected chi connectivity index (χ0v) is 26.3. The Labute approximate surface area is 259 Å². The normalized spacial score (nSPS) is 13.2. The van der Waals surface area contributed by atoms with Gasteiger partial charge in [0.05, 0.1) is 17.0 Å². The number of carbonyl (C=O) groups is 2. The number of nitrogens with zero attached hydrogens (tertiary/aromatic N) is 1. The predicted octanol–water partition coefficient (Wildman–Crippen LogP) is 4.88. The molecule has 0 aliphatic carbocycles. The number of fused-ring (bicyclic) bond motifs is 1. The van der Waals surface area contributed by atoms with Gasteiger partial charge < -0.3 is 20.7 Å². The molecule has 1 heterocycles. The maximum Gasteiger partial charge on any atom is 0.243 e. The van der Waals surface area contributed by atoms with E-state index < -0.39 is 22.2 Å². The molecule has 234 valence electrons. The minimum atomic E-state index is -3.98. The number of aliphatic hydroxyl groups excluding tert-OH is 1. The van der Waals surface area contributed by atoms with Crippen LogP contribution in [0.15, 0.2) is 90.0 Å². The number of amides is 2. The lowest BCUT2D eigenvalue weighted by Gasteiger charge is -2.31. The van der Waals surface area contributed by atoms with Crippen molar-refractivity contribution in [2.45, 2.75) is 63.5 Å². The summed E-state index contributed by atoms with van der Waals surface area (Å²) in [5.74, 6) is -0.464. The van der Waals surface area contributed by atoms with Gasteiger partial charge in [-0.05, 0) is 66.6 Å². The molecule has 0 aliphatic heterocycles. The Morgan fingerprint density at radius 3 is 2.30 bits per heavy atom. The number of benzene rings is 3. The van der Waals surface area contributed by atoms with Gasteiger partial charge in [0.1, 0.15) is 0 Å². The summed E-state index contributed by atoms with van der Waals surface area (Å²) in [7, 11) is -3.98. The van der Waals surface area contributed by atoms with Gasteiger partial charge in [0, 0.05) is 49.2 Å². The first-order chi connectivity index (χ1) is 21.0. The number of anilines is 1. The SMILES string of the molecule is CC(=O)Nc1ccc(S(=O)(=O)N(CC(C)C)C[C@@H](O)[C@H](Cc2ccccc2)NC(=O)CCCc2c[nH]c3ccccc23)cc1. The van der Waals surface area contributed by atoms with Crippen LogP contribution in [0.2, 0.25) is 0 Å². The zero-order valence-electron chi connectivity index (χ0n) is 25.5. The van der Waals surface area contributed by atoms with E-state index in [4.69, 9.17) is 0 Å². The van der Waals surface area contributed by atoms with E-state index in [0.29, 0.717) is 18.5 Å². The van der Waals surface area contributed by atoms with Gasteiger partial charge in [-0.1, -0.05) is 62.4 Å². The van der Waals surface area contributed by atoms with Crippen molar-refractivity contribution in [2.75, 3.05) is 18.4 Å². The number of aliphatic hydroxyl groups is 1. The number of aryl methyl sites for hydroxylation is 1. The van der Waals surface area contributed by atoms with Crippen LogP contribution in [0.4, 0.5) is 5.69 Å². The summed E-state index contributed by atoms with van der Waals surface area (Å²) in [6, 6.07) is 22.8. The molecule has 0 radical (unpaired) electrons. The Morgan fingerprint density at radius 2 is 1.61 bits per heavy atom. The highest BCUT2D eigenvalue weighted by atomic mass is 32.2. The first kappa shape index (κ1) is 32.9. The maximum atomic E-state index is 13.7. The number of carbonyl (C=O) groups excluding carboxylic acids is 2. The number of para-hydroxylation sites is 1. The van der Waals surface area contributed by atoms with Crippen LogP contribution in [-0.2, 0) is 32.5 Å². The Morgan fingerprint density at radius 1 is 0.932 bits per heavy atom. The van der Waals surface area contributed by atoms with E-state index in [1.807, 2.05) is 68.6 Å². The third-order valence-corrected chi connectivity index (χ3v) is 9.25. The molecule has 0 saturated heterocycles. The van der Waals surface area contributed by atoms with Crippen molar-refractivity contribution in [3.05, 3.63) is 96.2 Å². The number of aromatic nitrogens is 1. The molecule has 4 rings (SSSR count). The average Bonchev–Trinajstić information content (AvgIpc) is 3.40. The summed E-state index contributed by atoms with van der Waals surface area (Å²) in [4.78, 5) is 27.8. The third-order valence-electron chi connectivity index (χ3n) is 7.41. The van der Waals surface area contributed by atoms with E-state index in [9.17, 15) is 23.1 Å². The first-order valence-corrected chi connectivity index (χ1v) is 16.4. The van der Waals surface area contributed by atoms with Crippen LogP contribution in [-0.4, -0.2) is 59.9 Å². The number of nitrogens with one attached hydrogen (secondary N) is 3. The number of hydrogen-bond acceptors (Lipinski definition) is 5. The molecule has 9 nitrogen and oxygen atoms in total. The number of sulfonamides is 1. The average molecular weight is 619 g/mol. The second-order valence-corrected chi connectivity index (χ2v) is 13.5. The lowest BCUT2D eigenvalue weighted by atomic mass is 10.00. The predicted molar refractivity (Wildman–Crippen MR) is 174 cm³/mol. The Hall–Kier alpha value is -3.99. The fraction of sp³-hybridized carbons (Fsp3) is 0.353. The van der Waals surface area contributed by atoms with Crippen molar-refractivity contribution in [1.29, 1.82) is 0 Å². The summed E-state index contributed by atoms with van der Waals surface area (Å²) >= 11 is 0. The molecule has 4 N–H and O–H groups in total. The first-order valence-electron chi connectivity index (χ1n) is 15.0. The Bertz CT molecular complexity index is 1640. The highest BCUT2D eigenvalue weighted by Gasteiger charge is 2.31. The second-order valence-electron chi connectivity index (χ2n) is 11.6. The maximum absolute atomic E-state index is 13.7. The molecule has 3 aromatic carbocycles. The second kappa shape index (κ2) is 15.1. The molecule has 1 aromatic heterocycles. The smallest absolute Gasteiger partial charge is 0.243 e. The molecule has 0 aliphatic rings. The highest BCUT2D eigenvalue weighted by Crippen LogP contribution is 2.22. The van der Waals surface area contributed by atoms with Crippen molar-refractivity contribution in [1.82, 2.24) is 14.6 Å². The molecule has 0 bridgehead atoms. The van der Waals surface area contributed by atoms with E-state index in [-0.39, 0.29) is 42.1 Å². The summed E-state index contributed by atoms with van der Waals surface area (Å²) in [6.07, 6.45) is 2.78. The standard InChI is InChI=1S/C34H42N4O5S/c1-24(2)22-38(44(42,43)29-18-16-28(17-19-29)36-25(3)39)23-33(40)32(20-26-10-5-4-6-11-26)37-34(41)15-9-12-27-21-35-31-14-8-7-13-30(27)31/h4-8,10-11,13-14,16-19,21,24,32-33,35,40H,9,12,15,20,22-23H2,1-3H3,(H,36,39)(H,37,41)/t32-,33+/m0/s1. The van der Waals surface area contributed by atoms with Gasteiger partial charge in [-0.3, -0.25) is 9.59 Å². The zero-order chi connectivity index (χ0) is 31.7. The molecule has 10 heteroatoms. The quantitative estimate of drug-likeness (QED) is 0.151. The van der Waals surface area contributed by atoms with Gasteiger partial charge in [-0.25, -0.2) is 8.42 Å². The number of hydrogen-bond donors (Lipinski definition) is 4. The molecule has 44 heavy (non-hydrogen) atoms. The minimum absolute atomic E-state index is 0.0118. The van der Waals surface area contributed by atoms with Gasteiger partial charge in [0.25, 0.3) is 0 Å². The van der Waals surface area contributed by atoms with Gasteiger partial charge in [0.15, 0.2) is 0 Å². The van der Waals surface area contributed by atoms with Crippen molar-refractivity contribution < 1.29 is 23.1 Å². The Kier molecular flexibility index (Phi) is 11.3. The molecule has 0 spiro atoms. The van der Waals surface area contributed by atoms with Crippen LogP contribution >= 0.6 is 0 Å². The van der Waals surface area contributed by atoms with Crippen molar-refractivity contribution >= 4 is 38.4 Å². The summed E-state index contributed by atoms with van der Waals surface area (Å²) in [6.45, 7) is 5.19. The monoisotopic (exact) mass is 618 g/mol. The molecule has 0 saturated carbocycles. The molecule has 4 aromatic rings. The number of aromatic amines is 1. The van der Waals surface area contributed by atoms with Gasteiger partial charge in [0.2, 0.25) is 21.8 Å². The topological polar surface area (TPSA) is 132 Å². The fourth-order valence-corrected chi connectivity index (χ4v) is 6.91. The fourth-order valence-electron chi connectivity index (χ4n) is 5.28. The number of rotatable bonds is 15. The van der Waals surface area contributed by atoms with Crippen LogP contribution in [0.3, 0.4) is 0 Å². The van der Waals surface area contributed by atoms with Crippen molar-refractivity contribution in [2.24, 2.45) is 5.92 Å². The molecule has 0 unspecified atom stereocenters. The lowest BCUT2D eigenvalue weighted by Crippen LogP contribution is -2.51. The highest BCUT2D eigenvalue weighted by molar-refractivity contribution is 7.89. The molecule has 0 fully saturated rings. The minimum Gasteiger partial charge on any atom is -0.390 e. The van der Waals surface area contributed by atoms with E-state index in [2.05, 4.69) is 21.7 Å². The van der Waals surface area contributed by atoms with Gasteiger partial charge in [-0.15, -0.1) is 0 Å². The largest absolute Gasteiger partial charge is 0.390 e. The van der Waals surface area contributed by atoms with Crippen molar-refractivity contribution in [3.63, 3.8) is 0 Å². The van der Waals surface area contributed by atoms with Crippen LogP contribution in [0.25, 0.3) is 10.9 Å². The third kappa shape index (κ3) is 9.01. The van der Waals surface area contributed by atoms with Crippen LogP contribution < -0.4 is 10.6 Å². The number of H-pyrrole nitrogens is 1. The lowest BCUT2D eigenvalue weighted by molar-refractivity contribution is -0.122. The molecular weight excluding hydrogens is 576 g/mol. The van der Waals surface area contributed by atoms with E-state index in [0.717, 1.165) is 28.5 Å². The summed E-state index contributed by atoms with van der Waals surface area (Å²) in [5, 5.41) is 18.3. The molecular formula is C34H42N4O5S. The summed E-state index contributed by atoms with van der Waals surface area (Å²) < 4.78 is 28.7. The van der Waals surface area contributed by atoms with Crippen LogP contribution in [0, 0.1) is 5.92 Å².